The zero-order valence-corrected chi connectivity index (χ0v) is 16.0. The number of carbonyl (C=O) groups is 1. The third-order valence-electron chi connectivity index (χ3n) is 3.84. The molecule has 150 valence electrons. The van der Waals surface area contributed by atoms with Crippen molar-refractivity contribution in [1.82, 2.24) is 0 Å². The molecule has 0 aliphatic rings. The van der Waals surface area contributed by atoms with Gasteiger partial charge in [-0.25, -0.2) is 0 Å². The van der Waals surface area contributed by atoms with Crippen LogP contribution in [-0.2, 0) is 4.79 Å². The summed E-state index contributed by atoms with van der Waals surface area (Å²) in [5, 5.41) is 22.0. The standard InChI is InChI=1S/C20H30N2O5/c1-2-3-4-5-6-7-8-9-10-14-19(21(24)25)16-13-17-20(22(26)27)15-11-12-18-23/h6-7,9-10,16-18H,2-5,8,11-15H2,1H3/b7-6+,10-9+,19-16-,20-17-. The number of hydrogen-bond acceptors (Lipinski definition) is 5. The second-order valence-corrected chi connectivity index (χ2v) is 6.08. The summed E-state index contributed by atoms with van der Waals surface area (Å²) >= 11 is 0. The van der Waals surface area contributed by atoms with Crippen LogP contribution >= 0.6 is 0 Å². The predicted molar refractivity (Wildman–Crippen MR) is 106 cm³/mol. The molecule has 0 aliphatic carbocycles. The van der Waals surface area contributed by atoms with Crippen molar-refractivity contribution in [2.45, 2.75) is 71.1 Å². The molecule has 0 aromatic carbocycles. The highest BCUT2D eigenvalue weighted by Gasteiger charge is 2.11. The molecule has 0 saturated heterocycles. The number of hydrogen-bond donors (Lipinski definition) is 0. The first-order valence-corrected chi connectivity index (χ1v) is 9.43. The van der Waals surface area contributed by atoms with Crippen LogP contribution in [0.3, 0.4) is 0 Å². The summed E-state index contributed by atoms with van der Waals surface area (Å²) in [5.74, 6) is 0. The van der Waals surface area contributed by atoms with Gasteiger partial charge in [0.15, 0.2) is 0 Å². The van der Waals surface area contributed by atoms with Crippen LogP contribution in [0, 0.1) is 20.2 Å². The first-order chi connectivity index (χ1) is 13.0. The Kier molecular flexibility index (Phi) is 15.3. The van der Waals surface area contributed by atoms with Crippen molar-refractivity contribution in [3.8, 4) is 0 Å². The first-order valence-electron chi connectivity index (χ1n) is 9.43. The molecule has 27 heavy (non-hydrogen) atoms. The summed E-state index contributed by atoms with van der Waals surface area (Å²) in [6.07, 6.45) is 17.8. The zero-order chi connectivity index (χ0) is 20.3. The SMILES string of the molecule is CCCCC/C=C/C/C=C/C/C(=C/C/C=C(/CCCC=O)[N+](=O)[O-])[N+](=O)[O-]. The van der Waals surface area contributed by atoms with Crippen LogP contribution in [0.4, 0.5) is 0 Å². The number of aldehydes is 1. The number of nitrogens with zero attached hydrogens (tertiary/aromatic N) is 2. The van der Waals surface area contributed by atoms with Gasteiger partial charge in [-0.2, -0.15) is 0 Å². The van der Waals surface area contributed by atoms with E-state index in [1.165, 1.54) is 31.4 Å². The molecular weight excluding hydrogens is 348 g/mol. The summed E-state index contributed by atoms with van der Waals surface area (Å²) in [6, 6.07) is 0. The van der Waals surface area contributed by atoms with Crippen LogP contribution in [-0.4, -0.2) is 16.1 Å². The fourth-order valence-corrected chi connectivity index (χ4v) is 2.30. The minimum absolute atomic E-state index is 0.0143. The van der Waals surface area contributed by atoms with Crippen molar-refractivity contribution in [3.05, 3.63) is 68.1 Å². The van der Waals surface area contributed by atoms with E-state index in [2.05, 4.69) is 13.0 Å². The summed E-state index contributed by atoms with van der Waals surface area (Å²) in [7, 11) is 0. The molecule has 7 nitrogen and oxygen atoms in total. The van der Waals surface area contributed by atoms with Crippen molar-refractivity contribution in [1.29, 1.82) is 0 Å². The molecular formula is C20H30N2O5. The lowest BCUT2D eigenvalue weighted by atomic mass is 10.1. The number of unbranched alkanes of at least 4 members (excludes halogenated alkanes) is 4. The van der Waals surface area contributed by atoms with Gasteiger partial charge in [-0.05, 0) is 44.3 Å². The molecule has 7 heteroatoms. The lowest BCUT2D eigenvalue weighted by molar-refractivity contribution is -0.428. The summed E-state index contributed by atoms with van der Waals surface area (Å²) < 4.78 is 0. The smallest absolute Gasteiger partial charge is 0.246 e. The van der Waals surface area contributed by atoms with E-state index >= 15 is 0 Å². The van der Waals surface area contributed by atoms with Crippen LogP contribution in [0.5, 0.6) is 0 Å². The maximum atomic E-state index is 11.1. The van der Waals surface area contributed by atoms with Gasteiger partial charge in [0.25, 0.3) is 0 Å². The minimum atomic E-state index is -0.503. The Balaban J connectivity index is 4.49. The zero-order valence-electron chi connectivity index (χ0n) is 16.0. The van der Waals surface area contributed by atoms with Crippen LogP contribution < -0.4 is 0 Å². The molecule has 0 heterocycles. The molecule has 0 N–H and O–H groups in total. The maximum Gasteiger partial charge on any atom is 0.246 e. The Hall–Kier alpha value is -2.57. The van der Waals surface area contributed by atoms with E-state index in [0.717, 1.165) is 19.1 Å². The Morgan fingerprint density at radius 1 is 0.815 bits per heavy atom. The number of rotatable bonds is 16. The van der Waals surface area contributed by atoms with Crippen LogP contribution in [0.2, 0.25) is 0 Å². The van der Waals surface area contributed by atoms with Crippen LogP contribution in [0.1, 0.15) is 71.1 Å². The van der Waals surface area contributed by atoms with E-state index < -0.39 is 9.85 Å². The third kappa shape index (κ3) is 14.3. The molecule has 0 aromatic rings. The van der Waals surface area contributed by atoms with Gasteiger partial charge in [0.2, 0.25) is 11.4 Å². The van der Waals surface area contributed by atoms with Gasteiger partial charge in [0, 0.05) is 12.8 Å². The Morgan fingerprint density at radius 2 is 1.48 bits per heavy atom. The maximum absolute atomic E-state index is 11.1. The van der Waals surface area contributed by atoms with Crippen molar-refractivity contribution >= 4 is 6.29 Å². The third-order valence-corrected chi connectivity index (χ3v) is 3.84. The van der Waals surface area contributed by atoms with E-state index in [0.29, 0.717) is 6.42 Å². The molecule has 0 radical (unpaired) electrons. The van der Waals surface area contributed by atoms with Gasteiger partial charge in [-0.15, -0.1) is 0 Å². The van der Waals surface area contributed by atoms with Gasteiger partial charge in [-0.1, -0.05) is 44.1 Å². The molecule has 0 saturated carbocycles. The molecule has 0 aromatic heterocycles. The van der Waals surface area contributed by atoms with Crippen molar-refractivity contribution in [2.24, 2.45) is 0 Å². The van der Waals surface area contributed by atoms with Crippen molar-refractivity contribution < 1.29 is 14.6 Å². The molecule has 0 unspecified atom stereocenters. The molecule has 0 bridgehead atoms. The summed E-state index contributed by atoms with van der Waals surface area (Å²) in [5.41, 5.74) is 0.00423. The van der Waals surface area contributed by atoms with Gasteiger partial charge in [-0.3, -0.25) is 20.2 Å². The predicted octanol–water partition coefficient (Wildman–Crippen LogP) is 5.54. The van der Waals surface area contributed by atoms with E-state index in [-0.39, 0.29) is 37.1 Å². The van der Waals surface area contributed by atoms with Crippen molar-refractivity contribution in [2.75, 3.05) is 0 Å². The van der Waals surface area contributed by atoms with Crippen LogP contribution in [0.15, 0.2) is 47.9 Å². The second-order valence-electron chi connectivity index (χ2n) is 6.08. The van der Waals surface area contributed by atoms with E-state index in [4.69, 9.17) is 0 Å². The minimum Gasteiger partial charge on any atom is -0.303 e. The van der Waals surface area contributed by atoms with Gasteiger partial charge >= 0.3 is 0 Å². The number of allylic oxidation sites excluding steroid dienone is 7. The van der Waals surface area contributed by atoms with Crippen LogP contribution in [0.25, 0.3) is 0 Å². The van der Waals surface area contributed by atoms with Gasteiger partial charge in [0.05, 0.1) is 16.3 Å². The fourth-order valence-electron chi connectivity index (χ4n) is 2.30. The van der Waals surface area contributed by atoms with E-state index in [9.17, 15) is 25.0 Å². The molecule has 0 atom stereocenters. The lowest BCUT2D eigenvalue weighted by Crippen LogP contribution is -2.00. The lowest BCUT2D eigenvalue weighted by Gasteiger charge is -1.97. The number of carbonyl (C=O) groups excluding carboxylic acids is 1. The summed E-state index contributed by atoms with van der Waals surface area (Å²) in [6.45, 7) is 2.16. The van der Waals surface area contributed by atoms with Gasteiger partial charge in [0.1, 0.15) is 6.29 Å². The fraction of sp³-hybridized carbons (Fsp3) is 0.550. The molecule has 0 fully saturated rings. The molecule has 0 amide bonds. The Labute approximate surface area is 160 Å². The largest absolute Gasteiger partial charge is 0.303 e. The topological polar surface area (TPSA) is 103 Å². The van der Waals surface area contributed by atoms with Crippen molar-refractivity contribution in [3.63, 3.8) is 0 Å². The van der Waals surface area contributed by atoms with E-state index in [1.807, 2.05) is 12.2 Å². The second kappa shape index (κ2) is 16.9. The monoisotopic (exact) mass is 378 g/mol. The highest BCUT2D eigenvalue weighted by Crippen LogP contribution is 2.11. The average molecular weight is 378 g/mol. The highest BCUT2D eigenvalue weighted by atomic mass is 16.6. The Bertz CT molecular complexity index is 577. The normalized spacial score (nSPS) is 12.8. The quantitative estimate of drug-likeness (QED) is 0.115. The number of nitro groups is 2. The average Bonchev–Trinajstić information content (AvgIpc) is 2.63. The van der Waals surface area contributed by atoms with E-state index in [1.54, 1.807) is 6.08 Å². The first kappa shape index (κ1) is 24.4. The molecule has 0 spiro atoms. The summed E-state index contributed by atoms with van der Waals surface area (Å²) in [4.78, 5) is 31.3. The highest BCUT2D eigenvalue weighted by molar-refractivity contribution is 5.49. The molecule has 0 rings (SSSR count). The van der Waals surface area contributed by atoms with Gasteiger partial charge < -0.3 is 4.79 Å². The molecule has 0 aliphatic heterocycles. The Morgan fingerprint density at radius 3 is 2.11 bits per heavy atom.